The summed E-state index contributed by atoms with van der Waals surface area (Å²) in [7, 11) is 0. The van der Waals surface area contributed by atoms with Gasteiger partial charge in [0, 0.05) is 11.1 Å². The molecule has 0 amide bonds. The summed E-state index contributed by atoms with van der Waals surface area (Å²) >= 11 is 0. The highest BCUT2D eigenvalue weighted by atomic mass is 16.6. The molecule has 0 aromatic heterocycles. The molecule has 0 rings (SSSR count). The van der Waals surface area contributed by atoms with Gasteiger partial charge in [-0.3, -0.25) is 0 Å². The second-order valence-electron chi connectivity index (χ2n) is 6.34. The zero-order valence-electron chi connectivity index (χ0n) is 19.9. The van der Waals surface area contributed by atoms with Crippen molar-refractivity contribution >= 4 is 11.9 Å². The Morgan fingerprint density at radius 2 is 0.758 bits per heavy atom. The van der Waals surface area contributed by atoms with Gasteiger partial charge in [-0.05, 0) is 13.8 Å². The molecule has 0 bridgehead atoms. The van der Waals surface area contributed by atoms with Crippen LogP contribution in [0.3, 0.4) is 0 Å². The van der Waals surface area contributed by atoms with Gasteiger partial charge in [0.25, 0.3) is 0 Å². The molecule has 194 valence electrons. The van der Waals surface area contributed by atoms with Gasteiger partial charge in [0.2, 0.25) is 0 Å². The second kappa shape index (κ2) is 26.4. The fourth-order valence-electron chi connectivity index (χ4n) is 1.63. The Balaban J connectivity index is 0. The maximum absolute atomic E-state index is 11.0. The largest absolute Gasteiger partial charge is 0.460 e. The summed E-state index contributed by atoms with van der Waals surface area (Å²) < 4.78 is 35.0. The Morgan fingerprint density at radius 1 is 0.515 bits per heavy atom. The minimum atomic E-state index is -0.427. The van der Waals surface area contributed by atoms with E-state index < -0.39 is 11.9 Å². The highest BCUT2D eigenvalue weighted by molar-refractivity contribution is 5.87. The van der Waals surface area contributed by atoms with E-state index in [1.807, 2.05) is 0 Å². The molecule has 11 nitrogen and oxygen atoms in total. The van der Waals surface area contributed by atoms with Crippen LogP contribution in [0.1, 0.15) is 13.8 Å². The van der Waals surface area contributed by atoms with Crippen LogP contribution in [0.15, 0.2) is 24.3 Å². The molecular formula is C22H40O11. The number of carbonyl (C=O) groups is 2. The third kappa shape index (κ3) is 28.1. The fraction of sp³-hybridized carbons (Fsp3) is 0.727. The standard InChI is InChI=1S/C14H22O6.C8H18O5/c1-11(2)13(15)19-9-7-17-5-6-18-8-10-20-14(16)12(3)4;9-1-3-11-5-7-13-8-6-12-4-2-10/h1,3,5-10H2,2,4H3;9-10H,1-8H2. The van der Waals surface area contributed by atoms with E-state index in [0.29, 0.717) is 77.2 Å². The van der Waals surface area contributed by atoms with Gasteiger partial charge >= 0.3 is 11.9 Å². The molecule has 2 N–H and O–H groups in total. The van der Waals surface area contributed by atoms with E-state index in [0.717, 1.165) is 0 Å². The number of ether oxygens (including phenoxy) is 7. The van der Waals surface area contributed by atoms with Gasteiger partial charge in [-0.15, -0.1) is 0 Å². The molecule has 0 aromatic carbocycles. The lowest BCUT2D eigenvalue weighted by Gasteiger charge is -2.07. The lowest BCUT2D eigenvalue weighted by molar-refractivity contribution is -0.142. The number of hydrogen-bond donors (Lipinski definition) is 2. The lowest BCUT2D eigenvalue weighted by atomic mass is 10.4. The number of rotatable bonds is 21. The Morgan fingerprint density at radius 3 is 1.00 bits per heavy atom. The average molecular weight is 481 g/mol. The highest BCUT2D eigenvalue weighted by Gasteiger charge is 2.03. The minimum Gasteiger partial charge on any atom is -0.460 e. The highest BCUT2D eigenvalue weighted by Crippen LogP contribution is 1.93. The van der Waals surface area contributed by atoms with E-state index >= 15 is 0 Å². The zero-order valence-corrected chi connectivity index (χ0v) is 19.9. The van der Waals surface area contributed by atoms with Crippen molar-refractivity contribution in [3.63, 3.8) is 0 Å². The van der Waals surface area contributed by atoms with Crippen LogP contribution in [0.2, 0.25) is 0 Å². The van der Waals surface area contributed by atoms with Gasteiger partial charge < -0.3 is 43.4 Å². The van der Waals surface area contributed by atoms with Gasteiger partial charge in [0.05, 0.1) is 79.3 Å². The average Bonchev–Trinajstić information content (AvgIpc) is 2.79. The third-order valence-corrected chi connectivity index (χ3v) is 3.21. The molecule has 11 heteroatoms. The number of aliphatic hydroxyl groups excluding tert-OH is 2. The summed E-state index contributed by atoms with van der Waals surface area (Å²) in [5.41, 5.74) is 0.718. The number of hydrogen-bond acceptors (Lipinski definition) is 11. The Labute approximate surface area is 196 Å². The Kier molecular flexibility index (Phi) is 26.6. The van der Waals surface area contributed by atoms with Crippen LogP contribution >= 0.6 is 0 Å². The first-order valence-corrected chi connectivity index (χ1v) is 10.6. The summed E-state index contributed by atoms with van der Waals surface area (Å²) in [6.45, 7) is 14.6. The van der Waals surface area contributed by atoms with E-state index in [4.69, 9.17) is 43.4 Å². The van der Waals surface area contributed by atoms with E-state index in [1.165, 1.54) is 0 Å². The molecule has 0 heterocycles. The molecule has 0 aliphatic rings. The summed E-state index contributed by atoms with van der Waals surface area (Å²) in [5, 5.41) is 16.7. The molecule has 0 spiro atoms. The van der Waals surface area contributed by atoms with Crippen LogP contribution < -0.4 is 0 Å². The van der Waals surface area contributed by atoms with Crippen LogP contribution in [-0.2, 0) is 42.7 Å². The molecule has 0 aliphatic carbocycles. The molecule has 0 aliphatic heterocycles. The molecule has 0 atom stereocenters. The van der Waals surface area contributed by atoms with Crippen molar-refractivity contribution in [1.29, 1.82) is 0 Å². The summed E-state index contributed by atoms with van der Waals surface area (Å²) in [6.07, 6.45) is 0. The van der Waals surface area contributed by atoms with Gasteiger partial charge in [-0.25, -0.2) is 9.59 Å². The normalized spacial score (nSPS) is 10.2. The van der Waals surface area contributed by atoms with Gasteiger partial charge in [-0.1, -0.05) is 13.2 Å². The molecule has 33 heavy (non-hydrogen) atoms. The Bertz CT molecular complexity index is 465. The van der Waals surface area contributed by atoms with Crippen LogP contribution in [0.5, 0.6) is 0 Å². The number of carbonyl (C=O) groups excluding carboxylic acids is 2. The summed E-state index contributed by atoms with van der Waals surface area (Å²) in [6, 6.07) is 0. The lowest BCUT2D eigenvalue weighted by Crippen LogP contribution is -2.15. The van der Waals surface area contributed by atoms with Crippen molar-refractivity contribution < 1.29 is 53.0 Å². The molecule has 0 unspecified atom stereocenters. The molecule has 0 saturated carbocycles. The fourth-order valence-corrected chi connectivity index (χ4v) is 1.63. The minimum absolute atomic E-state index is 0.0413. The molecular weight excluding hydrogens is 440 g/mol. The predicted octanol–water partition coefficient (Wildman–Crippen LogP) is 0.279. The third-order valence-electron chi connectivity index (χ3n) is 3.21. The zero-order chi connectivity index (χ0) is 25.2. The maximum atomic E-state index is 11.0. The first kappa shape index (κ1) is 33.3. The van der Waals surface area contributed by atoms with Crippen molar-refractivity contribution in [2.24, 2.45) is 0 Å². The number of aliphatic hydroxyl groups is 2. The molecule has 0 fully saturated rings. The quantitative estimate of drug-likeness (QED) is 0.133. The molecule has 0 aromatic rings. The van der Waals surface area contributed by atoms with Crippen molar-refractivity contribution in [3.8, 4) is 0 Å². The van der Waals surface area contributed by atoms with Gasteiger partial charge in [0.15, 0.2) is 0 Å². The summed E-state index contributed by atoms with van der Waals surface area (Å²) in [5.74, 6) is -0.853. The van der Waals surface area contributed by atoms with Crippen molar-refractivity contribution in [3.05, 3.63) is 24.3 Å². The van der Waals surface area contributed by atoms with E-state index in [-0.39, 0.29) is 26.4 Å². The first-order chi connectivity index (χ1) is 15.9. The van der Waals surface area contributed by atoms with E-state index in [9.17, 15) is 9.59 Å². The first-order valence-electron chi connectivity index (χ1n) is 10.6. The van der Waals surface area contributed by atoms with Crippen LogP contribution in [0, 0.1) is 0 Å². The smallest absolute Gasteiger partial charge is 0.333 e. The summed E-state index contributed by atoms with van der Waals surface area (Å²) in [4.78, 5) is 22.0. The van der Waals surface area contributed by atoms with Crippen LogP contribution in [-0.4, -0.2) is 115 Å². The maximum Gasteiger partial charge on any atom is 0.333 e. The number of esters is 2. The molecule has 0 radical (unpaired) electrons. The second-order valence-corrected chi connectivity index (χ2v) is 6.34. The Hall–Kier alpha value is -1.86. The monoisotopic (exact) mass is 480 g/mol. The predicted molar refractivity (Wildman–Crippen MR) is 120 cm³/mol. The van der Waals surface area contributed by atoms with Crippen molar-refractivity contribution in [2.45, 2.75) is 13.8 Å². The van der Waals surface area contributed by atoms with Crippen molar-refractivity contribution in [1.82, 2.24) is 0 Å². The van der Waals surface area contributed by atoms with E-state index in [1.54, 1.807) is 13.8 Å². The van der Waals surface area contributed by atoms with Gasteiger partial charge in [-0.2, -0.15) is 0 Å². The van der Waals surface area contributed by atoms with Crippen LogP contribution in [0.4, 0.5) is 0 Å². The van der Waals surface area contributed by atoms with Crippen molar-refractivity contribution in [2.75, 3.05) is 92.5 Å². The van der Waals surface area contributed by atoms with E-state index in [2.05, 4.69) is 13.2 Å². The molecule has 0 saturated heterocycles. The van der Waals surface area contributed by atoms with Crippen LogP contribution in [0.25, 0.3) is 0 Å². The van der Waals surface area contributed by atoms with Gasteiger partial charge in [0.1, 0.15) is 13.2 Å². The SMILES string of the molecule is C=C(C)C(=O)OCCOCCOCCOC(=O)C(=C)C.OCCOCCOCCOCCO. The topological polar surface area (TPSA) is 139 Å².